The molecule has 0 aliphatic heterocycles. The van der Waals surface area contributed by atoms with E-state index in [0.29, 0.717) is 19.0 Å². The van der Waals surface area contributed by atoms with Gasteiger partial charge in [0.1, 0.15) is 12.4 Å². The van der Waals surface area contributed by atoms with E-state index in [0.717, 1.165) is 11.1 Å². The van der Waals surface area contributed by atoms with Gasteiger partial charge in [-0.05, 0) is 25.1 Å². The maximum absolute atomic E-state index is 11.9. The SMILES string of the molecule is C=C(Oc1ccccc1-c1ccccc1)C(=O)OCCOCC. The average molecular weight is 312 g/mol. The molecule has 0 unspecified atom stereocenters. The van der Waals surface area contributed by atoms with Crippen molar-refractivity contribution in [3.63, 3.8) is 0 Å². The summed E-state index contributed by atoms with van der Waals surface area (Å²) in [6, 6.07) is 17.3. The van der Waals surface area contributed by atoms with Gasteiger partial charge in [0.15, 0.2) is 0 Å². The Bertz CT molecular complexity index is 649. The number of rotatable bonds is 8. The summed E-state index contributed by atoms with van der Waals surface area (Å²) in [7, 11) is 0. The second-order valence-electron chi connectivity index (χ2n) is 4.72. The molecule has 2 aromatic carbocycles. The largest absolute Gasteiger partial charge is 0.457 e. The fourth-order valence-electron chi connectivity index (χ4n) is 2.00. The van der Waals surface area contributed by atoms with Crippen molar-refractivity contribution in [1.29, 1.82) is 0 Å². The highest BCUT2D eigenvalue weighted by molar-refractivity contribution is 5.86. The zero-order valence-electron chi connectivity index (χ0n) is 13.2. The predicted octanol–water partition coefficient (Wildman–Crippen LogP) is 3.83. The molecule has 0 aliphatic rings. The van der Waals surface area contributed by atoms with Crippen LogP contribution in [0, 0.1) is 0 Å². The molecular formula is C19H20O4. The summed E-state index contributed by atoms with van der Waals surface area (Å²) >= 11 is 0. The van der Waals surface area contributed by atoms with Crippen LogP contribution in [0.25, 0.3) is 11.1 Å². The topological polar surface area (TPSA) is 44.8 Å². The molecule has 0 amide bonds. The maximum Gasteiger partial charge on any atom is 0.373 e. The van der Waals surface area contributed by atoms with Crippen LogP contribution in [0.1, 0.15) is 6.92 Å². The highest BCUT2D eigenvalue weighted by Gasteiger charge is 2.13. The van der Waals surface area contributed by atoms with Crippen LogP contribution < -0.4 is 4.74 Å². The van der Waals surface area contributed by atoms with E-state index in [1.165, 1.54) is 0 Å². The molecule has 0 atom stereocenters. The number of ether oxygens (including phenoxy) is 3. The number of carbonyl (C=O) groups is 1. The summed E-state index contributed by atoms with van der Waals surface area (Å²) < 4.78 is 15.8. The van der Waals surface area contributed by atoms with Gasteiger partial charge in [-0.1, -0.05) is 48.5 Å². The second-order valence-corrected chi connectivity index (χ2v) is 4.72. The van der Waals surface area contributed by atoms with Crippen LogP contribution in [-0.2, 0) is 14.3 Å². The Balaban J connectivity index is 2.03. The minimum atomic E-state index is -0.590. The summed E-state index contributed by atoms with van der Waals surface area (Å²) in [4.78, 5) is 11.9. The van der Waals surface area contributed by atoms with Crippen molar-refractivity contribution in [1.82, 2.24) is 0 Å². The van der Waals surface area contributed by atoms with Crippen LogP contribution in [0.2, 0.25) is 0 Å². The molecule has 120 valence electrons. The van der Waals surface area contributed by atoms with Crippen LogP contribution in [0.4, 0.5) is 0 Å². The Kier molecular flexibility index (Phi) is 6.39. The minimum Gasteiger partial charge on any atom is -0.457 e. The van der Waals surface area contributed by atoms with E-state index in [2.05, 4.69) is 6.58 Å². The van der Waals surface area contributed by atoms with E-state index in [4.69, 9.17) is 14.2 Å². The summed E-state index contributed by atoms with van der Waals surface area (Å²) in [5.41, 5.74) is 1.89. The minimum absolute atomic E-state index is 0.0510. The van der Waals surface area contributed by atoms with Gasteiger partial charge in [0, 0.05) is 12.2 Å². The molecule has 0 saturated carbocycles. The maximum atomic E-state index is 11.9. The molecule has 0 spiro atoms. The fourth-order valence-corrected chi connectivity index (χ4v) is 2.00. The van der Waals surface area contributed by atoms with Crippen LogP contribution in [0.5, 0.6) is 5.75 Å². The molecule has 4 nitrogen and oxygen atoms in total. The van der Waals surface area contributed by atoms with Gasteiger partial charge in [0.25, 0.3) is 0 Å². The van der Waals surface area contributed by atoms with Gasteiger partial charge in [-0.25, -0.2) is 4.79 Å². The fraction of sp³-hybridized carbons (Fsp3) is 0.211. The normalized spacial score (nSPS) is 10.1. The molecule has 4 heteroatoms. The number of benzene rings is 2. The third kappa shape index (κ3) is 4.97. The molecule has 0 heterocycles. The van der Waals surface area contributed by atoms with Crippen molar-refractivity contribution in [2.24, 2.45) is 0 Å². The van der Waals surface area contributed by atoms with E-state index in [-0.39, 0.29) is 12.4 Å². The van der Waals surface area contributed by atoms with Crippen LogP contribution in [-0.4, -0.2) is 25.8 Å². The first-order valence-electron chi connectivity index (χ1n) is 7.48. The lowest BCUT2D eigenvalue weighted by atomic mass is 10.1. The summed E-state index contributed by atoms with van der Waals surface area (Å²) in [5.74, 6) is -0.0806. The molecule has 0 N–H and O–H groups in total. The Morgan fingerprint density at radius 2 is 1.70 bits per heavy atom. The third-order valence-corrected chi connectivity index (χ3v) is 3.10. The molecule has 2 rings (SSSR count). The van der Waals surface area contributed by atoms with E-state index < -0.39 is 5.97 Å². The van der Waals surface area contributed by atoms with Gasteiger partial charge in [-0.3, -0.25) is 0 Å². The molecule has 0 fully saturated rings. The number of hydrogen-bond acceptors (Lipinski definition) is 4. The number of hydrogen-bond donors (Lipinski definition) is 0. The number of para-hydroxylation sites is 1. The van der Waals surface area contributed by atoms with E-state index in [1.807, 2.05) is 55.5 Å². The van der Waals surface area contributed by atoms with E-state index in [9.17, 15) is 4.79 Å². The van der Waals surface area contributed by atoms with E-state index in [1.54, 1.807) is 6.07 Å². The Morgan fingerprint density at radius 1 is 1.00 bits per heavy atom. The lowest BCUT2D eigenvalue weighted by Crippen LogP contribution is -2.15. The number of esters is 1. The zero-order valence-corrected chi connectivity index (χ0v) is 13.2. The third-order valence-electron chi connectivity index (χ3n) is 3.10. The Morgan fingerprint density at radius 3 is 2.43 bits per heavy atom. The van der Waals surface area contributed by atoms with Gasteiger partial charge in [0.05, 0.1) is 6.61 Å². The average Bonchev–Trinajstić information content (AvgIpc) is 2.59. The molecule has 0 aromatic heterocycles. The van der Waals surface area contributed by atoms with Gasteiger partial charge in [-0.2, -0.15) is 0 Å². The number of carbonyl (C=O) groups excluding carboxylic acids is 1. The van der Waals surface area contributed by atoms with Crippen LogP contribution in [0.15, 0.2) is 66.9 Å². The Hall–Kier alpha value is -2.59. The van der Waals surface area contributed by atoms with Gasteiger partial charge in [-0.15, -0.1) is 0 Å². The van der Waals surface area contributed by atoms with Crippen molar-refractivity contribution in [3.8, 4) is 16.9 Å². The smallest absolute Gasteiger partial charge is 0.373 e. The summed E-state index contributed by atoms with van der Waals surface area (Å²) in [5, 5.41) is 0. The van der Waals surface area contributed by atoms with Crippen molar-refractivity contribution < 1.29 is 19.0 Å². The summed E-state index contributed by atoms with van der Waals surface area (Å²) in [6.45, 7) is 6.64. The zero-order chi connectivity index (χ0) is 16.5. The van der Waals surface area contributed by atoms with Crippen molar-refractivity contribution in [2.45, 2.75) is 6.92 Å². The lowest BCUT2D eigenvalue weighted by molar-refractivity contribution is -0.142. The molecule has 0 saturated heterocycles. The monoisotopic (exact) mass is 312 g/mol. The van der Waals surface area contributed by atoms with Gasteiger partial charge in [0.2, 0.25) is 5.76 Å². The molecule has 0 bridgehead atoms. The van der Waals surface area contributed by atoms with Crippen LogP contribution >= 0.6 is 0 Å². The second kappa shape index (κ2) is 8.76. The van der Waals surface area contributed by atoms with Gasteiger partial charge < -0.3 is 14.2 Å². The van der Waals surface area contributed by atoms with Crippen molar-refractivity contribution >= 4 is 5.97 Å². The summed E-state index contributed by atoms with van der Waals surface area (Å²) in [6.07, 6.45) is 0. The highest BCUT2D eigenvalue weighted by atomic mass is 16.6. The molecule has 0 radical (unpaired) electrons. The van der Waals surface area contributed by atoms with Crippen molar-refractivity contribution in [2.75, 3.05) is 19.8 Å². The highest BCUT2D eigenvalue weighted by Crippen LogP contribution is 2.30. The van der Waals surface area contributed by atoms with Crippen LogP contribution in [0.3, 0.4) is 0 Å². The van der Waals surface area contributed by atoms with Gasteiger partial charge >= 0.3 is 5.97 Å². The molecule has 0 aliphatic carbocycles. The van der Waals surface area contributed by atoms with Crippen molar-refractivity contribution in [3.05, 3.63) is 66.9 Å². The molecule has 2 aromatic rings. The lowest BCUT2D eigenvalue weighted by Gasteiger charge is -2.12. The first kappa shape index (κ1) is 16.8. The van der Waals surface area contributed by atoms with E-state index >= 15 is 0 Å². The standard InChI is InChI=1S/C19H20O4/c1-3-21-13-14-22-19(20)15(2)23-18-12-8-7-11-17(18)16-9-5-4-6-10-16/h4-12H,2-3,13-14H2,1H3. The predicted molar refractivity (Wildman–Crippen MR) is 89.1 cm³/mol. The molecular weight excluding hydrogens is 292 g/mol. The quantitative estimate of drug-likeness (QED) is 0.322. The first-order chi connectivity index (χ1) is 11.2. The molecule has 23 heavy (non-hydrogen) atoms. The Labute approximate surface area is 136 Å². The first-order valence-corrected chi connectivity index (χ1v) is 7.48.